The van der Waals surface area contributed by atoms with E-state index < -0.39 is 0 Å². The molecule has 2 aromatic carbocycles. The van der Waals surface area contributed by atoms with Gasteiger partial charge in [0.2, 0.25) is 5.91 Å². The molecular formula is C18H21BrN2O2. The fourth-order valence-electron chi connectivity index (χ4n) is 2.07. The van der Waals surface area contributed by atoms with E-state index in [9.17, 15) is 4.79 Å². The average Bonchev–Trinajstić information content (AvgIpc) is 2.55. The van der Waals surface area contributed by atoms with Crippen molar-refractivity contribution in [1.29, 1.82) is 0 Å². The van der Waals surface area contributed by atoms with Crippen molar-refractivity contribution in [2.75, 3.05) is 19.0 Å². The molecule has 0 spiro atoms. The van der Waals surface area contributed by atoms with Crippen LogP contribution in [-0.2, 0) is 11.3 Å². The van der Waals surface area contributed by atoms with E-state index in [2.05, 4.69) is 26.6 Å². The molecule has 0 saturated heterocycles. The van der Waals surface area contributed by atoms with E-state index in [4.69, 9.17) is 4.74 Å². The number of nitrogens with one attached hydrogen (secondary N) is 2. The summed E-state index contributed by atoms with van der Waals surface area (Å²) in [5, 5.41) is 6.16. The molecule has 2 aromatic rings. The molecule has 0 fully saturated rings. The molecule has 0 bridgehead atoms. The van der Waals surface area contributed by atoms with Gasteiger partial charge in [-0.25, -0.2) is 0 Å². The number of carbonyl (C=O) groups is 1. The van der Waals surface area contributed by atoms with E-state index in [0.29, 0.717) is 13.0 Å². The molecule has 23 heavy (non-hydrogen) atoms. The molecule has 0 unspecified atom stereocenters. The number of carbonyl (C=O) groups excluding carboxylic acids is 1. The third-order valence-electron chi connectivity index (χ3n) is 3.47. The zero-order valence-electron chi connectivity index (χ0n) is 13.4. The third-order valence-corrected chi connectivity index (χ3v) is 4.33. The van der Waals surface area contributed by atoms with E-state index in [1.165, 1.54) is 0 Å². The van der Waals surface area contributed by atoms with Gasteiger partial charge in [-0.15, -0.1) is 0 Å². The van der Waals surface area contributed by atoms with Crippen LogP contribution < -0.4 is 15.4 Å². The zero-order chi connectivity index (χ0) is 16.7. The van der Waals surface area contributed by atoms with Crippen LogP contribution in [0.2, 0.25) is 0 Å². The number of hydrogen-bond acceptors (Lipinski definition) is 3. The summed E-state index contributed by atoms with van der Waals surface area (Å²) in [7, 11) is 1.65. The molecule has 4 nitrogen and oxygen atoms in total. The van der Waals surface area contributed by atoms with Gasteiger partial charge in [-0.2, -0.15) is 0 Å². The summed E-state index contributed by atoms with van der Waals surface area (Å²) in [6.45, 7) is 3.37. The molecule has 5 heteroatoms. The maximum absolute atomic E-state index is 11.9. The number of halogens is 1. The monoisotopic (exact) mass is 376 g/mol. The van der Waals surface area contributed by atoms with Crippen LogP contribution in [0.4, 0.5) is 5.69 Å². The van der Waals surface area contributed by atoms with E-state index in [1.54, 1.807) is 7.11 Å². The molecular weight excluding hydrogens is 356 g/mol. The molecule has 0 saturated carbocycles. The summed E-state index contributed by atoms with van der Waals surface area (Å²) in [5.41, 5.74) is 3.11. The lowest BCUT2D eigenvalue weighted by molar-refractivity contribution is -0.116. The standard InChI is InChI=1S/C18H21BrN2O2/c1-13-3-6-15(11-17(13)19)21-18(22)9-10-20-12-14-4-7-16(23-2)8-5-14/h3-8,11,20H,9-10,12H2,1-2H3,(H,21,22). The summed E-state index contributed by atoms with van der Waals surface area (Å²) >= 11 is 3.46. The molecule has 0 aromatic heterocycles. The minimum absolute atomic E-state index is 0.00276. The van der Waals surface area contributed by atoms with Gasteiger partial charge in [-0.3, -0.25) is 4.79 Å². The highest BCUT2D eigenvalue weighted by atomic mass is 79.9. The van der Waals surface area contributed by atoms with Gasteiger partial charge in [0.05, 0.1) is 7.11 Å². The maximum atomic E-state index is 11.9. The largest absolute Gasteiger partial charge is 0.497 e. The number of amides is 1. The Kier molecular flexibility index (Phi) is 6.62. The zero-order valence-corrected chi connectivity index (χ0v) is 14.9. The van der Waals surface area contributed by atoms with Crippen molar-refractivity contribution in [3.05, 3.63) is 58.1 Å². The molecule has 2 N–H and O–H groups in total. The number of benzene rings is 2. The minimum atomic E-state index is 0.00276. The second kappa shape index (κ2) is 8.70. The molecule has 0 aliphatic rings. The van der Waals surface area contributed by atoms with Crippen LogP contribution >= 0.6 is 15.9 Å². The van der Waals surface area contributed by atoms with E-state index in [-0.39, 0.29) is 5.91 Å². The Labute approximate surface area is 145 Å². The van der Waals surface area contributed by atoms with E-state index in [1.807, 2.05) is 49.4 Å². The first-order valence-corrected chi connectivity index (χ1v) is 8.27. The highest BCUT2D eigenvalue weighted by Crippen LogP contribution is 2.20. The summed E-state index contributed by atoms with van der Waals surface area (Å²) in [6.07, 6.45) is 0.432. The van der Waals surface area contributed by atoms with E-state index >= 15 is 0 Å². The van der Waals surface area contributed by atoms with Gasteiger partial charge in [0.15, 0.2) is 0 Å². The van der Waals surface area contributed by atoms with Crippen molar-refractivity contribution >= 4 is 27.5 Å². The van der Waals surface area contributed by atoms with Crippen molar-refractivity contribution in [2.24, 2.45) is 0 Å². The normalized spacial score (nSPS) is 10.4. The Morgan fingerprint density at radius 3 is 2.57 bits per heavy atom. The molecule has 0 heterocycles. The van der Waals surface area contributed by atoms with Gasteiger partial charge < -0.3 is 15.4 Å². The van der Waals surface area contributed by atoms with Crippen molar-refractivity contribution < 1.29 is 9.53 Å². The summed E-state index contributed by atoms with van der Waals surface area (Å²) in [4.78, 5) is 11.9. The summed E-state index contributed by atoms with van der Waals surface area (Å²) < 4.78 is 6.12. The minimum Gasteiger partial charge on any atom is -0.497 e. The van der Waals surface area contributed by atoms with Crippen LogP contribution in [0.1, 0.15) is 17.5 Å². The van der Waals surface area contributed by atoms with Gasteiger partial charge >= 0.3 is 0 Å². The molecule has 0 aliphatic heterocycles. The number of aryl methyl sites for hydroxylation is 1. The second-order valence-electron chi connectivity index (χ2n) is 5.29. The first kappa shape index (κ1) is 17.5. The van der Waals surface area contributed by atoms with Crippen LogP contribution in [0.15, 0.2) is 46.9 Å². The molecule has 0 aliphatic carbocycles. The molecule has 122 valence electrons. The van der Waals surface area contributed by atoms with Gasteiger partial charge in [0.1, 0.15) is 5.75 Å². The Morgan fingerprint density at radius 1 is 1.17 bits per heavy atom. The van der Waals surface area contributed by atoms with Crippen LogP contribution in [0.3, 0.4) is 0 Å². The van der Waals surface area contributed by atoms with Gasteiger partial charge in [-0.1, -0.05) is 34.1 Å². The molecule has 0 atom stereocenters. The Balaban J connectivity index is 1.70. The van der Waals surface area contributed by atoms with Crippen molar-refractivity contribution in [3.8, 4) is 5.75 Å². The Bertz CT molecular complexity index is 657. The maximum Gasteiger partial charge on any atom is 0.225 e. The third kappa shape index (κ3) is 5.69. The van der Waals surface area contributed by atoms with Crippen molar-refractivity contribution in [3.63, 3.8) is 0 Å². The fraction of sp³-hybridized carbons (Fsp3) is 0.278. The second-order valence-corrected chi connectivity index (χ2v) is 6.14. The topological polar surface area (TPSA) is 50.4 Å². The number of ether oxygens (including phenoxy) is 1. The lowest BCUT2D eigenvalue weighted by atomic mass is 10.2. The van der Waals surface area contributed by atoms with Crippen LogP contribution in [0.25, 0.3) is 0 Å². The Morgan fingerprint density at radius 2 is 1.91 bits per heavy atom. The van der Waals surface area contributed by atoms with Crippen LogP contribution in [0, 0.1) is 6.92 Å². The SMILES string of the molecule is COc1ccc(CNCCC(=O)Nc2ccc(C)c(Br)c2)cc1. The molecule has 0 radical (unpaired) electrons. The lowest BCUT2D eigenvalue weighted by Crippen LogP contribution is -2.21. The number of rotatable bonds is 7. The predicted molar refractivity (Wildman–Crippen MR) is 96.8 cm³/mol. The van der Waals surface area contributed by atoms with Crippen LogP contribution in [0.5, 0.6) is 5.75 Å². The highest BCUT2D eigenvalue weighted by molar-refractivity contribution is 9.10. The number of anilines is 1. The van der Waals surface area contributed by atoms with Crippen LogP contribution in [-0.4, -0.2) is 19.6 Å². The van der Waals surface area contributed by atoms with Crippen molar-refractivity contribution in [2.45, 2.75) is 19.9 Å². The first-order chi connectivity index (χ1) is 11.1. The van der Waals surface area contributed by atoms with Gasteiger partial charge in [0.25, 0.3) is 0 Å². The molecule has 2 rings (SSSR count). The lowest BCUT2D eigenvalue weighted by Gasteiger charge is -2.08. The number of hydrogen-bond donors (Lipinski definition) is 2. The number of methoxy groups -OCH3 is 1. The van der Waals surface area contributed by atoms with Crippen molar-refractivity contribution in [1.82, 2.24) is 5.32 Å². The smallest absolute Gasteiger partial charge is 0.225 e. The van der Waals surface area contributed by atoms with Gasteiger partial charge in [0, 0.05) is 29.7 Å². The fourth-order valence-corrected chi connectivity index (χ4v) is 2.45. The van der Waals surface area contributed by atoms with Gasteiger partial charge in [-0.05, 0) is 42.3 Å². The summed E-state index contributed by atoms with van der Waals surface area (Å²) in [5.74, 6) is 0.848. The highest BCUT2D eigenvalue weighted by Gasteiger charge is 2.04. The first-order valence-electron chi connectivity index (χ1n) is 7.48. The Hall–Kier alpha value is -1.85. The quantitative estimate of drug-likeness (QED) is 0.720. The average molecular weight is 377 g/mol. The predicted octanol–water partition coefficient (Wildman–Crippen LogP) is 3.88. The van der Waals surface area contributed by atoms with E-state index in [0.717, 1.165) is 33.6 Å². The molecule has 1 amide bonds. The summed E-state index contributed by atoms with van der Waals surface area (Å²) in [6, 6.07) is 13.7.